The van der Waals surface area contributed by atoms with Gasteiger partial charge in [-0.2, -0.15) is 5.10 Å². The lowest BCUT2D eigenvalue weighted by Crippen LogP contribution is -2.45. The minimum absolute atomic E-state index is 0. The quantitative estimate of drug-likeness (QED) is 0.182. The summed E-state index contributed by atoms with van der Waals surface area (Å²) >= 11 is 6.54. The van der Waals surface area contributed by atoms with Gasteiger partial charge in [0.25, 0.3) is 11.8 Å². The number of aryl methyl sites for hydroxylation is 2. The van der Waals surface area contributed by atoms with Crippen LogP contribution in [-0.2, 0) is 24.8 Å². The maximum Gasteiger partial charge on any atom is 0.260 e. The molecular formula is C39H42Cl2N6O4. The number of hydrogen-bond donors (Lipinski definition) is 2. The number of hydrogen-bond acceptors (Lipinski definition) is 6. The zero-order valence-electron chi connectivity index (χ0n) is 28.9. The molecule has 10 nitrogen and oxygen atoms in total. The zero-order chi connectivity index (χ0) is 34.9. The Kier molecular flexibility index (Phi) is 10.9. The van der Waals surface area contributed by atoms with E-state index in [9.17, 15) is 14.7 Å². The number of phenolic OH excluding ortho intramolecular Hbond substituents is 1. The average Bonchev–Trinajstić information content (AvgIpc) is 3.73. The van der Waals surface area contributed by atoms with Crippen LogP contribution in [0.2, 0.25) is 5.02 Å². The third-order valence-electron chi connectivity index (χ3n) is 9.87. The average molecular weight is 730 g/mol. The number of aromatic nitrogens is 3. The molecule has 3 aromatic carbocycles. The van der Waals surface area contributed by atoms with E-state index in [0.717, 1.165) is 30.6 Å². The van der Waals surface area contributed by atoms with Gasteiger partial charge in [-0.05, 0) is 79.9 Å². The van der Waals surface area contributed by atoms with Gasteiger partial charge in [-0.25, -0.2) is 0 Å². The molecule has 0 radical (unpaired) electrons. The Morgan fingerprint density at radius 2 is 1.76 bits per heavy atom. The fourth-order valence-corrected chi connectivity index (χ4v) is 7.32. The van der Waals surface area contributed by atoms with Crippen molar-refractivity contribution in [3.8, 4) is 17.0 Å². The van der Waals surface area contributed by atoms with Crippen LogP contribution < -0.4 is 4.90 Å². The number of nitrogens with zero attached hydrogens (tertiary/aromatic N) is 5. The normalized spacial score (nSPS) is 16.6. The molecular weight excluding hydrogens is 687 g/mol. The lowest BCUT2D eigenvalue weighted by atomic mass is 9.93. The molecule has 0 spiro atoms. The van der Waals surface area contributed by atoms with Crippen molar-refractivity contribution < 1.29 is 19.4 Å². The monoisotopic (exact) mass is 728 g/mol. The first-order valence-electron chi connectivity index (χ1n) is 16.9. The van der Waals surface area contributed by atoms with Crippen LogP contribution in [0, 0.1) is 6.92 Å². The Bertz CT molecular complexity index is 2020. The number of ether oxygens (including phenoxy) is 1. The van der Waals surface area contributed by atoms with E-state index in [1.54, 1.807) is 52.0 Å². The maximum atomic E-state index is 14.7. The molecule has 7 rings (SSSR count). The van der Waals surface area contributed by atoms with Gasteiger partial charge >= 0.3 is 0 Å². The summed E-state index contributed by atoms with van der Waals surface area (Å²) in [6.07, 6.45) is 4.61. The van der Waals surface area contributed by atoms with E-state index in [1.807, 2.05) is 49.5 Å². The number of amides is 2. The Morgan fingerprint density at radius 1 is 1.04 bits per heavy atom. The largest absolute Gasteiger partial charge is 0.508 e. The molecule has 2 aliphatic heterocycles. The van der Waals surface area contributed by atoms with Gasteiger partial charge in [0.1, 0.15) is 5.75 Å². The summed E-state index contributed by atoms with van der Waals surface area (Å²) in [6, 6.07) is 21.9. The third-order valence-corrected chi connectivity index (χ3v) is 10.1. The van der Waals surface area contributed by atoms with Gasteiger partial charge in [0, 0.05) is 84.3 Å². The van der Waals surface area contributed by atoms with Crippen molar-refractivity contribution in [2.75, 3.05) is 37.7 Å². The minimum Gasteiger partial charge on any atom is -0.508 e. The molecule has 2 aliphatic rings. The lowest BCUT2D eigenvalue weighted by molar-refractivity contribution is 0.0175. The van der Waals surface area contributed by atoms with Gasteiger partial charge in [-0.1, -0.05) is 35.9 Å². The maximum absolute atomic E-state index is 14.7. The Morgan fingerprint density at radius 3 is 2.47 bits per heavy atom. The van der Waals surface area contributed by atoms with Crippen LogP contribution in [0.25, 0.3) is 11.3 Å². The number of halogens is 2. The number of phenols is 1. The molecule has 1 unspecified atom stereocenters. The molecule has 12 heteroatoms. The number of anilines is 1. The van der Waals surface area contributed by atoms with Crippen molar-refractivity contribution in [3.05, 3.63) is 124 Å². The van der Waals surface area contributed by atoms with E-state index in [2.05, 4.69) is 34.0 Å². The molecule has 266 valence electrons. The first-order valence-corrected chi connectivity index (χ1v) is 17.3. The Balaban J connectivity index is 0.00000448. The third kappa shape index (κ3) is 7.55. The molecule has 5 aromatic rings. The molecule has 1 fully saturated rings. The minimum atomic E-state index is -0.214. The second-order valence-electron chi connectivity index (χ2n) is 13.2. The molecule has 1 saturated heterocycles. The van der Waals surface area contributed by atoms with Crippen molar-refractivity contribution in [1.29, 1.82) is 0 Å². The van der Waals surface area contributed by atoms with Crippen LogP contribution >= 0.6 is 24.0 Å². The lowest BCUT2D eigenvalue weighted by Gasteiger charge is -2.37. The SMILES string of the molecule is Cc1[nH]c(-c2cc(Cl)ccc2C(=O)N2Cc3ccccc3C[C@H]2C)cc1C(=O)N(CC(c1cnn(C)c1)N1CCOCC1)c1ccc(O)cc1.Cl. The fourth-order valence-electron chi connectivity index (χ4n) is 7.15. The van der Waals surface area contributed by atoms with E-state index in [1.165, 1.54) is 5.56 Å². The fraction of sp³-hybridized carbons (Fsp3) is 0.308. The van der Waals surface area contributed by atoms with Crippen LogP contribution in [-0.4, -0.2) is 80.4 Å². The first kappa shape index (κ1) is 36.2. The summed E-state index contributed by atoms with van der Waals surface area (Å²) in [6.45, 7) is 7.45. The van der Waals surface area contributed by atoms with Gasteiger partial charge in [-0.15, -0.1) is 12.4 Å². The molecule has 51 heavy (non-hydrogen) atoms. The molecule has 2 atom stereocenters. The number of nitrogens with one attached hydrogen (secondary N) is 1. The Labute approximate surface area is 309 Å². The van der Waals surface area contributed by atoms with Crippen LogP contribution in [0.4, 0.5) is 5.69 Å². The molecule has 4 heterocycles. The van der Waals surface area contributed by atoms with Crippen LogP contribution in [0.3, 0.4) is 0 Å². The van der Waals surface area contributed by atoms with Crippen LogP contribution in [0.15, 0.2) is 85.2 Å². The molecule has 2 N–H and O–H groups in total. The summed E-state index contributed by atoms with van der Waals surface area (Å²) in [5.74, 6) is -0.189. The Hall–Kier alpha value is -4.61. The van der Waals surface area contributed by atoms with E-state index < -0.39 is 0 Å². The van der Waals surface area contributed by atoms with E-state index in [0.29, 0.717) is 65.1 Å². The number of benzene rings is 3. The molecule has 0 aliphatic carbocycles. The van der Waals surface area contributed by atoms with E-state index in [-0.39, 0.29) is 42.1 Å². The second-order valence-corrected chi connectivity index (χ2v) is 13.6. The summed E-state index contributed by atoms with van der Waals surface area (Å²) in [7, 11) is 1.88. The highest BCUT2D eigenvalue weighted by molar-refractivity contribution is 6.31. The zero-order valence-corrected chi connectivity index (χ0v) is 30.5. The number of carbonyl (C=O) groups is 2. The van der Waals surface area contributed by atoms with Crippen molar-refractivity contribution in [2.24, 2.45) is 7.05 Å². The number of H-pyrrole nitrogens is 1. The van der Waals surface area contributed by atoms with Crippen molar-refractivity contribution in [2.45, 2.75) is 38.9 Å². The number of morpholine rings is 1. The van der Waals surface area contributed by atoms with Gasteiger partial charge < -0.3 is 24.6 Å². The number of carbonyl (C=O) groups excluding carboxylic acids is 2. The summed E-state index contributed by atoms with van der Waals surface area (Å²) < 4.78 is 7.42. The molecule has 2 amide bonds. The predicted octanol–water partition coefficient (Wildman–Crippen LogP) is 6.81. The van der Waals surface area contributed by atoms with Gasteiger partial charge in [0.05, 0.1) is 31.0 Å². The highest BCUT2D eigenvalue weighted by Crippen LogP contribution is 2.34. The second kappa shape index (κ2) is 15.3. The van der Waals surface area contributed by atoms with Gasteiger partial charge in [-0.3, -0.25) is 19.2 Å². The van der Waals surface area contributed by atoms with E-state index >= 15 is 0 Å². The molecule has 0 saturated carbocycles. The van der Waals surface area contributed by atoms with Gasteiger partial charge in [0.15, 0.2) is 0 Å². The van der Waals surface area contributed by atoms with Crippen molar-refractivity contribution >= 4 is 41.5 Å². The molecule has 2 aromatic heterocycles. The van der Waals surface area contributed by atoms with Crippen molar-refractivity contribution in [3.63, 3.8) is 0 Å². The first-order chi connectivity index (χ1) is 24.2. The van der Waals surface area contributed by atoms with Gasteiger partial charge in [0.2, 0.25) is 0 Å². The summed E-state index contributed by atoms with van der Waals surface area (Å²) in [5, 5.41) is 15.0. The number of fused-ring (bicyclic) bond motifs is 1. The van der Waals surface area contributed by atoms with E-state index in [4.69, 9.17) is 16.3 Å². The number of aromatic hydroxyl groups is 1. The van der Waals surface area contributed by atoms with Crippen molar-refractivity contribution in [1.82, 2.24) is 24.6 Å². The number of aromatic amines is 1. The highest BCUT2D eigenvalue weighted by atomic mass is 35.5. The number of rotatable bonds is 8. The highest BCUT2D eigenvalue weighted by Gasteiger charge is 2.32. The van der Waals surface area contributed by atoms with Crippen LogP contribution in [0.1, 0.15) is 56.1 Å². The topological polar surface area (TPSA) is 107 Å². The smallest absolute Gasteiger partial charge is 0.260 e. The summed E-state index contributed by atoms with van der Waals surface area (Å²) in [4.78, 5) is 38.3. The van der Waals surface area contributed by atoms with Crippen LogP contribution in [0.5, 0.6) is 5.75 Å². The standard InChI is InChI=1S/C39H41ClN6O4.ClH/c1-25-18-27-6-4-5-7-28(27)23-45(25)38(48)33-13-8-30(40)19-35(33)36-20-34(26(2)42-36)39(49)46(31-9-11-32(47)12-10-31)24-37(29-21-41-43(3)22-29)44-14-16-50-17-15-44;/h4-13,19-22,25,37,42,47H,14-18,23-24H2,1-3H3;1H/t25-,37?;/m1./s1. The summed E-state index contributed by atoms with van der Waals surface area (Å²) in [5.41, 5.74) is 6.97. The molecule has 0 bridgehead atoms. The predicted molar refractivity (Wildman–Crippen MR) is 201 cm³/mol.